The van der Waals surface area contributed by atoms with Gasteiger partial charge in [-0.1, -0.05) is 0 Å². The molecule has 150 valence electrons. The van der Waals surface area contributed by atoms with Gasteiger partial charge in [-0.15, -0.1) is 0 Å². The molecule has 0 amide bonds. The highest BCUT2D eigenvalue weighted by molar-refractivity contribution is 5.99. The molecule has 0 saturated carbocycles. The maximum absolute atomic E-state index is 12.9. The molecule has 2 aromatic rings. The van der Waals surface area contributed by atoms with Crippen molar-refractivity contribution in [1.82, 2.24) is 19.5 Å². The van der Waals surface area contributed by atoms with Crippen molar-refractivity contribution < 1.29 is 34.1 Å². The monoisotopic (exact) mass is 393 g/mol. The van der Waals surface area contributed by atoms with Gasteiger partial charge in [-0.3, -0.25) is 19.0 Å². The lowest BCUT2D eigenvalue weighted by Crippen LogP contribution is -2.66. The van der Waals surface area contributed by atoms with Gasteiger partial charge in [-0.25, -0.2) is 15.0 Å². The van der Waals surface area contributed by atoms with Gasteiger partial charge in [0.1, 0.15) is 30.4 Å². The number of fused-ring (bicyclic) bond motifs is 1. The van der Waals surface area contributed by atoms with E-state index in [2.05, 4.69) is 15.0 Å². The molecule has 0 radical (unpaired) electrons. The van der Waals surface area contributed by atoms with Crippen LogP contribution in [-0.4, -0.2) is 71.7 Å². The van der Waals surface area contributed by atoms with Crippen molar-refractivity contribution in [2.24, 2.45) is 0 Å². The number of nitrogens with two attached hydrogens (primary N) is 1. The van der Waals surface area contributed by atoms with Crippen LogP contribution in [-0.2, 0) is 29.6 Å². The van der Waals surface area contributed by atoms with Gasteiger partial charge < -0.3 is 25.4 Å². The van der Waals surface area contributed by atoms with Crippen LogP contribution in [0.1, 0.15) is 20.8 Å². The summed E-state index contributed by atoms with van der Waals surface area (Å²) < 4.78 is 12.0. The van der Waals surface area contributed by atoms with Crippen LogP contribution in [0, 0.1) is 0 Å². The summed E-state index contributed by atoms with van der Waals surface area (Å²) in [6.07, 6.45) is -1.03. The molecule has 1 aliphatic heterocycles. The number of hydrogen-bond acceptors (Lipinski definition) is 11. The van der Waals surface area contributed by atoms with Crippen molar-refractivity contribution in [3.8, 4) is 0 Å². The summed E-state index contributed by atoms with van der Waals surface area (Å²) >= 11 is 0. The third-order valence-corrected chi connectivity index (χ3v) is 4.78. The van der Waals surface area contributed by atoms with Gasteiger partial charge in [-0.2, -0.15) is 0 Å². The van der Waals surface area contributed by atoms with Gasteiger partial charge in [0.2, 0.25) is 0 Å². The highest BCUT2D eigenvalue weighted by Crippen LogP contribution is 2.48. The SMILES string of the molecule is CC(=O)O[C@]1(C(C)=O)[C@H](O)[C@@H](CO)O[C@@]1(C(C)=O)n1cnc2c(N)ncnc21. The van der Waals surface area contributed by atoms with E-state index in [0.29, 0.717) is 0 Å². The third kappa shape index (κ3) is 2.35. The van der Waals surface area contributed by atoms with E-state index in [0.717, 1.165) is 38.0 Å². The fraction of sp³-hybridized carbons (Fsp3) is 0.500. The maximum atomic E-state index is 12.9. The van der Waals surface area contributed by atoms with Gasteiger partial charge in [0.15, 0.2) is 23.0 Å². The smallest absolute Gasteiger partial charge is 0.303 e. The number of aliphatic hydroxyl groups excluding tert-OH is 2. The Balaban J connectivity index is 2.44. The normalized spacial score (nSPS) is 29.8. The zero-order valence-electron chi connectivity index (χ0n) is 15.3. The second-order valence-electron chi connectivity index (χ2n) is 6.42. The molecule has 3 rings (SSSR count). The zero-order valence-corrected chi connectivity index (χ0v) is 15.3. The van der Waals surface area contributed by atoms with Crippen molar-refractivity contribution in [2.75, 3.05) is 12.3 Å². The number of carbonyl (C=O) groups excluding carboxylic acids is 3. The number of ether oxygens (including phenoxy) is 2. The molecule has 3 heterocycles. The number of imidazole rings is 1. The first-order chi connectivity index (χ1) is 13.1. The van der Waals surface area contributed by atoms with E-state index < -0.39 is 47.7 Å². The number of nitrogen functional groups attached to an aromatic ring is 1. The second kappa shape index (κ2) is 6.58. The number of ketones is 2. The van der Waals surface area contributed by atoms with Crippen LogP contribution in [0.25, 0.3) is 11.2 Å². The first-order valence-electron chi connectivity index (χ1n) is 8.25. The molecule has 0 bridgehead atoms. The van der Waals surface area contributed by atoms with Crippen LogP contribution >= 0.6 is 0 Å². The molecule has 2 aromatic heterocycles. The Labute approximate surface area is 158 Å². The first kappa shape index (κ1) is 19.8. The molecular formula is C16H19N5O7. The molecule has 12 heteroatoms. The van der Waals surface area contributed by atoms with Gasteiger partial charge in [0.05, 0.1) is 6.61 Å². The zero-order chi connectivity index (χ0) is 20.9. The van der Waals surface area contributed by atoms with E-state index in [1.165, 1.54) is 0 Å². The third-order valence-electron chi connectivity index (χ3n) is 4.78. The molecule has 0 aliphatic carbocycles. The number of Topliss-reactive ketones (excluding diaryl/α,β-unsaturated/α-hetero) is 2. The topological polar surface area (TPSA) is 180 Å². The summed E-state index contributed by atoms with van der Waals surface area (Å²) in [6, 6.07) is 0. The minimum Gasteiger partial charge on any atom is -0.442 e. The van der Waals surface area contributed by atoms with Gasteiger partial charge in [0.25, 0.3) is 11.3 Å². The molecule has 1 aliphatic rings. The number of nitrogens with zero attached hydrogens (tertiary/aromatic N) is 4. The fourth-order valence-corrected chi connectivity index (χ4v) is 3.68. The van der Waals surface area contributed by atoms with Crippen LogP contribution in [0.2, 0.25) is 0 Å². The minimum absolute atomic E-state index is 0.000571. The van der Waals surface area contributed by atoms with Gasteiger partial charge in [0, 0.05) is 6.92 Å². The number of hydrogen-bond donors (Lipinski definition) is 3. The standard InChI is InChI=1S/C16H19N5O7/c1-7(23)15(27-9(3)25)12(26)10(4-22)28-16(15,8(2)24)21-6-20-11-13(17)18-5-19-14(11)21/h5-6,10,12,22,26H,4H2,1-3H3,(H2,17,18,19)/t10-,12-,15-,16-/m1/s1. The Morgan fingerprint density at radius 2 is 1.93 bits per heavy atom. The van der Waals surface area contributed by atoms with Crippen LogP contribution in [0.4, 0.5) is 5.82 Å². The molecule has 4 N–H and O–H groups in total. The van der Waals surface area contributed by atoms with Crippen molar-refractivity contribution in [3.05, 3.63) is 12.7 Å². The minimum atomic E-state index is -2.49. The van der Waals surface area contributed by atoms with Crippen LogP contribution < -0.4 is 5.73 Å². The number of carbonyl (C=O) groups is 3. The Morgan fingerprint density at radius 3 is 2.46 bits per heavy atom. The quantitative estimate of drug-likeness (QED) is 0.492. The second-order valence-corrected chi connectivity index (χ2v) is 6.42. The fourth-order valence-electron chi connectivity index (χ4n) is 3.68. The predicted octanol–water partition coefficient (Wildman–Crippen LogP) is -1.71. The number of aromatic nitrogens is 4. The molecule has 4 atom stereocenters. The van der Waals surface area contributed by atoms with E-state index in [9.17, 15) is 24.6 Å². The van der Waals surface area contributed by atoms with Crippen LogP contribution in [0.3, 0.4) is 0 Å². The summed E-state index contributed by atoms with van der Waals surface area (Å²) in [6.45, 7) is 2.39. The molecule has 0 aromatic carbocycles. The molecule has 0 spiro atoms. The highest BCUT2D eigenvalue weighted by Gasteiger charge is 2.75. The van der Waals surface area contributed by atoms with E-state index >= 15 is 0 Å². The van der Waals surface area contributed by atoms with Crippen molar-refractivity contribution in [2.45, 2.75) is 44.3 Å². The van der Waals surface area contributed by atoms with E-state index in [1.807, 2.05) is 0 Å². The first-order valence-corrected chi connectivity index (χ1v) is 8.25. The maximum Gasteiger partial charge on any atom is 0.303 e. The van der Waals surface area contributed by atoms with E-state index in [4.69, 9.17) is 15.2 Å². The molecule has 1 saturated heterocycles. The number of aliphatic hydroxyl groups is 2. The Morgan fingerprint density at radius 1 is 1.25 bits per heavy atom. The predicted molar refractivity (Wildman–Crippen MR) is 91.5 cm³/mol. The van der Waals surface area contributed by atoms with Crippen LogP contribution in [0.15, 0.2) is 12.7 Å². The number of esters is 1. The van der Waals surface area contributed by atoms with E-state index in [1.54, 1.807) is 0 Å². The Bertz CT molecular complexity index is 975. The molecule has 0 unspecified atom stereocenters. The lowest BCUT2D eigenvalue weighted by molar-refractivity contribution is -0.213. The summed E-state index contributed by atoms with van der Waals surface area (Å²) in [5.74, 6) is -2.61. The number of anilines is 1. The summed E-state index contributed by atoms with van der Waals surface area (Å²) in [4.78, 5) is 49.4. The molecular weight excluding hydrogens is 374 g/mol. The summed E-state index contributed by atoms with van der Waals surface area (Å²) in [5.41, 5.74) is 1.02. The van der Waals surface area contributed by atoms with E-state index in [-0.39, 0.29) is 17.0 Å². The highest BCUT2D eigenvalue weighted by atomic mass is 16.6. The lowest BCUT2D eigenvalue weighted by atomic mass is 9.79. The largest absolute Gasteiger partial charge is 0.442 e. The molecule has 1 fully saturated rings. The average Bonchev–Trinajstić information content (AvgIpc) is 3.15. The van der Waals surface area contributed by atoms with Crippen molar-refractivity contribution >= 4 is 34.5 Å². The lowest BCUT2D eigenvalue weighted by Gasteiger charge is -2.41. The van der Waals surface area contributed by atoms with Gasteiger partial charge >= 0.3 is 5.97 Å². The number of rotatable bonds is 5. The summed E-state index contributed by atoms with van der Waals surface area (Å²) in [5, 5.41) is 20.4. The van der Waals surface area contributed by atoms with Crippen molar-refractivity contribution in [3.63, 3.8) is 0 Å². The summed E-state index contributed by atoms with van der Waals surface area (Å²) in [7, 11) is 0. The Kier molecular flexibility index (Phi) is 4.65. The van der Waals surface area contributed by atoms with Crippen LogP contribution in [0.5, 0.6) is 0 Å². The molecule has 12 nitrogen and oxygen atoms in total. The Hall–Kier alpha value is -2.96. The van der Waals surface area contributed by atoms with Crippen molar-refractivity contribution in [1.29, 1.82) is 0 Å². The van der Waals surface area contributed by atoms with Gasteiger partial charge in [-0.05, 0) is 13.8 Å². The average molecular weight is 393 g/mol. The molecule has 28 heavy (non-hydrogen) atoms.